The number of nitrogens with zero attached hydrogens (tertiary/aromatic N) is 1. The molecule has 1 heterocycles. The van der Waals surface area contributed by atoms with E-state index in [1.807, 2.05) is 18.7 Å². The van der Waals surface area contributed by atoms with E-state index in [4.69, 9.17) is 0 Å². The molecule has 4 nitrogen and oxygen atoms in total. The largest absolute Gasteiger partial charge is 0.340 e. The number of carbonyl (C=O) groups is 2. The number of rotatable bonds is 3. The fourth-order valence-corrected chi connectivity index (χ4v) is 3.48. The number of nitrogens with one attached hydrogen (secondary N) is 1. The SMILES string of the molecule is CC(C)CN1C(=O)C2(CCCC2)NC(=O)C1C(C)C. The van der Waals surface area contributed by atoms with Crippen molar-refractivity contribution in [2.75, 3.05) is 6.54 Å². The van der Waals surface area contributed by atoms with Crippen LogP contribution in [0.15, 0.2) is 0 Å². The Morgan fingerprint density at radius 3 is 2.26 bits per heavy atom. The lowest BCUT2D eigenvalue weighted by Gasteiger charge is -2.46. The van der Waals surface area contributed by atoms with Crippen LogP contribution in [0.25, 0.3) is 0 Å². The molecule has 1 atom stereocenters. The Balaban J connectivity index is 2.30. The molecular weight excluding hydrogens is 240 g/mol. The summed E-state index contributed by atoms with van der Waals surface area (Å²) < 4.78 is 0. The Kier molecular flexibility index (Phi) is 3.88. The summed E-state index contributed by atoms with van der Waals surface area (Å²) in [4.78, 5) is 27.1. The number of amides is 2. The maximum Gasteiger partial charge on any atom is 0.249 e. The van der Waals surface area contributed by atoms with Gasteiger partial charge in [0.25, 0.3) is 0 Å². The van der Waals surface area contributed by atoms with E-state index in [2.05, 4.69) is 19.2 Å². The third kappa shape index (κ3) is 2.49. The average Bonchev–Trinajstić information content (AvgIpc) is 2.74. The lowest BCUT2D eigenvalue weighted by molar-refractivity contribution is -0.157. The van der Waals surface area contributed by atoms with Crippen molar-refractivity contribution in [3.8, 4) is 0 Å². The molecule has 1 spiro atoms. The van der Waals surface area contributed by atoms with Crippen LogP contribution in [0.5, 0.6) is 0 Å². The fraction of sp³-hybridized carbons (Fsp3) is 0.867. The molecule has 1 aliphatic carbocycles. The van der Waals surface area contributed by atoms with Crippen molar-refractivity contribution in [2.24, 2.45) is 11.8 Å². The van der Waals surface area contributed by atoms with Crippen LogP contribution in [0.2, 0.25) is 0 Å². The topological polar surface area (TPSA) is 49.4 Å². The second-order valence-corrected chi connectivity index (χ2v) is 6.82. The van der Waals surface area contributed by atoms with Gasteiger partial charge in [0.15, 0.2) is 0 Å². The first-order valence-corrected chi connectivity index (χ1v) is 7.50. The van der Waals surface area contributed by atoms with E-state index in [-0.39, 0.29) is 23.8 Å². The summed E-state index contributed by atoms with van der Waals surface area (Å²) in [5.74, 6) is 0.727. The first-order chi connectivity index (χ1) is 8.87. The van der Waals surface area contributed by atoms with Crippen LogP contribution in [0.1, 0.15) is 53.4 Å². The Morgan fingerprint density at radius 2 is 1.79 bits per heavy atom. The van der Waals surface area contributed by atoms with Crippen molar-refractivity contribution < 1.29 is 9.59 Å². The van der Waals surface area contributed by atoms with Crippen molar-refractivity contribution in [1.82, 2.24) is 10.2 Å². The lowest BCUT2D eigenvalue weighted by Crippen LogP contribution is -2.70. The summed E-state index contributed by atoms with van der Waals surface area (Å²) in [5, 5.41) is 3.05. The smallest absolute Gasteiger partial charge is 0.249 e. The van der Waals surface area contributed by atoms with Gasteiger partial charge in [0.2, 0.25) is 11.8 Å². The molecule has 108 valence electrons. The molecule has 2 aliphatic rings. The highest BCUT2D eigenvalue weighted by molar-refractivity contribution is 6.00. The van der Waals surface area contributed by atoms with Gasteiger partial charge in [0.1, 0.15) is 11.6 Å². The zero-order valence-electron chi connectivity index (χ0n) is 12.5. The molecule has 1 saturated carbocycles. The Morgan fingerprint density at radius 1 is 1.21 bits per heavy atom. The predicted octanol–water partition coefficient (Wildman–Crippen LogP) is 1.94. The van der Waals surface area contributed by atoms with Crippen LogP contribution in [-0.4, -0.2) is 34.8 Å². The van der Waals surface area contributed by atoms with Crippen LogP contribution in [0, 0.1) is 11.8 Å². The van der Waals surface area contributed by atoms with E-state index in [9.17, 15) is 9.59 Å². The lowest BCUT2D eigenvalue weighted by atomic mass is 9.87. The Hall–Kier alpha value is -1.06. The van der Waals surface area contributed by atoms with Gasteiger partial charge in [0.05, 0.1) is 0 Å². The van der Waals surface area contributed by atoms with E-state index < -0.39 is 5.54 Å². The molecule has 2 rings (SSSR count). The van der Waals surface area contributed by atoms with Gasteiger partial charge in [-0.05, 0) is 24.7 Å². The standard InChI is InChI=1S/C15H26N2O2/c1-10(2)9-17-12(11(3)4)13(18)16-15(14(17)19)7-5-6-8-15/h10-12H,5-9H2,1-4H3,(H,16,18). The highest BCUT2D eigenvalue weighted by Crippen LogP contribution is 2.36. The van der Waals surface area contributed by atoms with Crippen LogP contribution < -0.4 is 5.32 Å². The van der Waals surface area contributed by atoms with Crippen molar-refractivity contribution in [3.05, 3.63) is 0 Å². The number of hydrogen-bond acceptors (Lipinski definition) is 2. The molecule has 1 N–H and O–H groups in total. The number of hydrogen-bond donors (Lipinski definition) is 1. The van der Waals surface area contributed by atoms with Crippen molar-refractivity contribution >= 4 is 11.8 Å². The van der Waals surface area contributed by atoms with Crippen molar-refractivity contribution in [2.45, 2.75) is 65.0 Å². The Labute approximate surface area is 115 Å². The van der Waals surface area contributed by atoms with Crippen molar-refractivity contribution in [1.29, 1.82) is 0 Å². The van der Waals surface area contributed by atoms with Gasteiger partial charge in [-0.3, -0.25) is 9.59 Å². The average molecular weight is 266 g/mol. The van der Waals surface area contributed by atoms with E-state index in [1.165, 1.54) is 0 Å². The summed E-state index contributed by atoms with van der Waals surface area (Å²) in [6.45, 7) is 8.89. The van der Waals surface area contributed by atoms with Gasteiger partial charge < -0.3 is 10.2 Å². The van der Waals surface area contributed by atoms with Crippen LogP contribution in [0.3, 0.4) is 0 Å². The second kappa shape index (κ2) is 5.14. The number of piperazine rings is 1. The van der Waals surface area contributed by atoms with Crippen LogP contribution >= 0.6 is 0 Å². The first-order valence-electron chi connectivity index (χ1n) is 7.50. The minimum atomic E-state index is -0.586. The van der Waals surface area contributed by atoms with Crippen LogP contribution in [0.4, 0.5) is 0 Å². The quantitative estimate of drug-likeness (QED) is 0.848. The highest BCUT2D eigenvalue weighted by atomic mass is 16.2. The molecule has 0 aromatic carbocycles. The third-order valence-electron chi connectivity index (χ3n) is 4.29. The van der Waals surface area contributed by atoms with Gasteiger partial charge in [0, 0.05) is 6.54 Å². The molecule has 19 heavy (non-hydrogen) atoms. The molecule has 0 aromatic rings. The first kappa shape index (κ1) is 14.4. The monoisotopic (exact) mass is 266 g/mol. The molecule has 0 radical (unpaired) electrons. The van der Waals surface area contributed by atoms with Gasteiger partial charge in [-0.2, -0.15) is 0 Å². The zero-order chi connectivity index (χ0) is 14.2. The molecular formula is C15H26N2O2. The van der Waals surface area contributed by atoms with Crippen LogP contribution in [-0.2, 0) is 9.59 Å². The van der Waals surface area contributed by atoms with Gasteiger partial charge in [-0.1, -0.05) is 40.5 Å². The number of carbonyl (C=O) groups excluding carboxylic acids is 2. The van der Waals surface area contributed by atoms with Crippen molar-refractivity contribution in [3.63, 3.8) is 0 Å². The summed E-state index contributed by atoms with van der Waals surface area (Å²) in [6.07, 6.45) is 3.68. The maximum atomic E-state index is 12.9. The van der Waals surface area contributed by atoms with E-state index in [0.29, 0.717) is 12.5 Å². The second-order valence-electron chi connectivity index (χ2n) is 6.82. The van der Waals surface area contributed by atoms with E-state index in [0.717, 1.165) is 25.7 Å². The zero-order valence-corrected chi connectivity index (χ0v) is 12.5. The molecule has 1 saturated heterocycles. The summed E-state index contributed by atoms with van der Waals surface area (Å²) in [6, 6.07) is -0.305. The van der Waals surface area contributed by atoms with Gasteiger partial charge >= 0.3 is 0 Å². The maximum absolute atomic E-state index is 12.9. The highest BCUT2D eigenvalue weighted by Gasteiger charge is 2.52. The normalized spacial score (nSPS) is 26.6. The van der Waals surface area contributed by atoms with Gasteiger partial charge in [-0.25, -0.2) is 0 Å². The van der Waals surface area contributed by atoms with E-state index >= 15 is 0 Å². The summed E-state index contributed by atoms with van der Waals surface area (Å²) in [5.41, 5.74) is -0.586. The summed E-state index contributed by atoms with van der Waals surface area (Å²) >= 11 is 0. The fourth-order valence-electron chi connectivity index (χ4n) is 3.48. The minimum absolute atomic E-state index is 0.0390. The third-order valence-corrected chi connectivity index (χ3v) is 4.29. The molecule has 4 heteroatoms. The van der Waals surface area contributed by atoms with E-state index in [1.54, 1.807) is 0 Å². The molecule has 1 aliphatic heterocycles. The minimum Gasteiger partial charge on any atom is -0.340 e. The molecule has 2 fully saturated rings. The molecule has 2 amide bonds. The molecule has 1 unspecified atom stereocenters. The summed E-state index contributed by atoms with van der Waals surface area (Å²) in [7, 11) is 0. The predicted molar refractivity (Wildman–Crippen MR) is 74.5 cm³/mol. The molecule has 0 bridgehead atoms. The van der Waals surface area contributed by atoms with Gasteiger partial charge in [-0.15, -0.1) is 0 Å². The molecule has 0 aromatic heterocycles. The Bertz CT molecular complexity index is 370.